The number of benzene rings is 3. The number of ether oxygens (including phenoxy) is 1. The van der Waals surface area contributed by atoms with E-state index in [1.165, 1.54) is 10.5 Å². The van der Waals surface area contributed by atoms with Gasteiger partial charge in [0.15, 0.2) is 0 Å². The van der Waals surface area contributed by atoms with E-state index in [-0.39, 0.29) is 18.0 Å². The number of nitrogens with one attached hydrogen (secondary N) is 1. The summed E-state index contributed by atoms with van der Waals surface area (Å²) in [4.78, 5) is 30.2. The Morgan fingerprint density at radius 1 is 0.889 bits per heavy atom. The van der Waals surface area contributed by atoms with E-state index in [4.69, 9.17) is 4.74 Å². The molecule has 0 bridgehead atoms. The number of hydrogen-bond acceptors (Lipinski definition) is 5. The van der Waals surface area contributed by atoms with Crippen molar-refractivity contribution in [3.63, 3.8) is 0 Å². The van der Waals surface area contributed by atoms with Crippen molar-refractivity contribution in [3.05, 3.63) is 101 Å². The van der Waals surface area contributed by atoms with Gasteiger partial charge in [0.05, 0.1) is 19.3 Å². The van der Waals surface area contributed by atoms with Crippen molar-refractivity contribution in [2.75, 3.05) is 37.5 Å². The Hall–Kier alpha value is -4.36. The maximum atomic E-state index is 13.8. The normalized spacial score (nSPS) is 13.0. The average molecular weight is 481 g/mol. The van der Waals surface area contributed by atoms with E-state index < -0.39 is 0 Å². The largest absolute Gasteiger partial charge is 0.497 e. The van der Waals surface area contributed by atoms with Crippen LogP contribution in [0.2, 0.25) is 0 Å². The summed E-state index contributed by atoms with van der Waals surface area (Å²) in [5.74, 6) is 0.518. The van der Waals surface area contributed by atoms with Gasteiger partial charge in [0.1, 0.15) is 11.4 Å². The number of aromatic nitrogens is 1. The molecule has 3 aromatic carbocycles. The Morgan fingerprint density at radius 3 is 2.28 bits per heavy atom. The van der Waals surface area contributed by atoms with Gasteiger partial charge in [0.2, 0.25) is 0 Å². The maximum absolute atomic E-state index is 13.8. The second kappa shape index (κ2) is 9.71. The highest BCUT2D eigenvalue weighted by atomic mass is 16.5. The van der Waals surface area contributed by atoms with Crippen LogP contribution in [-0.2, 0) is 11.3 Å². The molecular formula is C29H28N4O3. The van der Waals surface area contributed by atoms with Crippen LogP contribution >= 0.6 is 0 Å². The van der Waals surface area contributed by atoms with E-state index >= 15 is 0 Å². The second-order valence-electron chi connectivity index (χ2n) is 8.74. The number of carbonyl (C=O) groups excluding carboxylic acids is 1. The van der Waals surface area contributed by atoms with Gasteiger partial charge in [-0.3, -0.25) is 19.1 Å². The molecule has 0 saturated heterocycles. The molecule has 0 radical (unpaired) electrons. The SMILES string of the molecule is CNCc1ccccc1-c1ccc(-n2ccc3c(c2=O)N(c2ccc(OC)cc2)C(=O)CN3C)cc1. The molecule has 0 aliphatic carbocycles. The van der Waals surface area contributed by atoms with Gasteiger partial charge in [0.25, 0.3) is 11.5 Å². The lowest BCUT2D eigenvalue weighted by molar-refractivity contribution is -0.116. The smallest absolute Gasteiger partial charge is 0.281 e. The molecule has 7 heteroatoms. The quantitative estimate of drug-likeness (QED) is 0.445. The van der Waals surface area contributed by atoms with E-state index in [1.54, 1.807) is 42.1 Å². The number of rotatable bonds is 6. The molecule has 2 heterocycles. The molecule has 0 fully saturated rings. The molecule has 1 N–H and O–H groups in total. The molecule has 0 unspecified atom stereocenters. The van der Waals surface area contributed by atoms with Crippen LogP contribution in [0, 0.1) is 0 Å². The van der Waals surface area contributed by atoms with Crippen molar-refractivity contribution in [3.8, 4) is 22.6 Å². The topological polar surface area (TPSA) is 66.8 Å². The lowest BCUT2D eigenvalue weighted by Crippen LogP contribution is -2.45. The molecule has 7 nitrogen and oxygen atoms in total. The lowest BCUT2D eigenvalue weighted by Gasteiger charge is -2.35. The van der Waals surface area contributed by atoms with E-state index in [2.05, 4.69) is 17.4 Å². The molecule has 1 aromatic heterocycles. The number of amides is 1. The molecule has 0 spiro atoms. The molecule has 1 aliphatic rings. The van der Waals surface area contributed by atoms with Gasteiger partial charge in [-0.05, 0) is 66.2 Å². The maximum Gasteiger partial charge on any atom is 0.281 e. The Balaban J connectivity index is 1.57. The van der Waals surface area contributed by atoms with Gasteiger partial charge in [0, 0.05) is 31.2 Å². The predicted octanol–water partition coefficient (Wildman–Crippen LogP) is 4.35. The average Bonchev–Trinajstić information content (AvgIpc) is 2.90. The van der Waals surface area contributed by atoms with Crippen molar-refractivity contribution >= 4 is 23.0 Å². The fourth-order valence-corrected chi connectivity index (χ4v) is 4.67. The third-order valence-corrected chi connectivity index (χ3v) is 6.47. The first kappa shape index (κ1) is 23.4. The number of likely N-dealkylation sites (N-methyl/N-ethyl adjacent to an activating group) is 1. The van der Waals surface area contributed by atoms with Gasteiger partial charge in [-0.2, -0.15) is 0 Å². The molecule has 5 rings (SSSR count). The van der Waals surface area contributed by atoms with Crippen LogP contribution in [0.4, 0.5) is 17.1 Å². The van der Waals surface area contributed by atoms with Crippen molar-refractivity contribution in [2.24, 2.45) is 0 Å². The zero-order valence-electron chi connectivity index (χ0n) is 20.6. The van der Waals surface area contributed by atoms with E-state index in [0.29, 0.717) is 22.8 Å². The molecule has 182 valence electrons. The first-order chi connectivity index (χ1) is 17.5. The summed E-state index contributed by atoms with van der Waals surface area (Å²) >= 11 is 0. The summed E-state index contributed by atoms with van der Waals surface area (Å²) < 4.78 is 6.84. The highest BCUT2D eigenvalue weighted by molar-refractivity contribution is 6.08. The summed E-state index contributed by atoms with van der Waals surface area (Å²) in [7, 11) is 5.34. The zero-order valence-corrected chi connectivity index (χ0v) is 20.6. The number of fused-ring (bicyclic) bond motifs is 1. The van der Waals surface area contributed by atoms with E-state index in [0.717, 1.165) is 23.4 Å². The lowest BCUT2D eigenvalue weighted by atomic mass is 9.99. The van der Waals surface area contributed by atoms with Gasteiger partial charge < -0.3 is 15.0 Å². The van der Waals surface area contributed by atoms with Crippen LogP contribution in [0.1, 0.15) is 5.56 Å². The molecule has 0 atom stereocenters. The fraction of sp³-hybridized carbons (Fsp3) is 0.172. The highest BCUT2D eigenvalue weighted by Crippen LogP contribution is 2.36. The number of anilines is 3. The van der Waals surface area contributed by atoms with Gasteiger partial charge in [-0.25, -0.2) is 0 Å². The molecular weight excluding hydrogens is 452 g/mol. The van der Waals surface area contributed by atoms with Crippen molar-refractivity contribution in [1.82, 2.24) is 9.88 Å². The first-order valence-corrected chi connectivity index (χ1v) is 11.8. The van der Waals surface area contributed by atoms with Crippen LogP contribution in [-0.4, -0.2) is 38.2 Å². The number of nitrogens with zero attached hydrogens (tertiary/aromatic N) is 3. The van der Waals surface area contributed by atoms with E-state index in [1.807, 2.05) is 61.5 Å². The Morgan fingerprint density at radius 2 is 1.58 bits per heavy atom. The number of pyridine rings is 1. The van der Waals surface area contributed by atoms with Crippen molar-refractivity contribution < 1.29 is 9.53 Å². The molecule has 36 heavy (non-hydrogen) atoms. The molecule has 0 saturated carbocycles. The first-order valence-electron chi connectivity index (χ1n) is 11.8. The monoisotopic (exact) mass is 480 g/mol. The third kappa shape index (κ3) is 4.14. The molecule has 4 aromatic rings. The van der Waals surface area contributed by atoms with Crippen LogP contribution in [0.25, 0.3) is 16.8 Å². The third-order valence-electron chi connectivity index (χ3n) is 6.47. The summed E-state index contributed by atoms with van der Waals surface area (Å²) in [6.07, 6.45) is 1.77. The highest BCUT2D eigenvalue weighted by Gasteiger charge is 2.32. The Kier molecular flexibility index (Phi) is 6.31. The Labute approximate surface area is 210 Å². The minimum Gasteiger partial charge on any atom is -0.497 e. The number of methoxy groups -OCH3 is 1. The Bertz CT molecular complexity index is 1460. The fourth-order valence-electron chi connectivity index (χ4n) is 4.67. The summed E-state index contributed by atoms with van der Waals surface area (Å²) in [5.41, 5.74) is 5.57. The minimum atomic E-state index is -0.258. The summed E-state index contributed by atoms with van der Waals surface area (Å²) in [6, 6.07) is 25.2. The zero-order chi connectivity index (χ0) is 25.2. The van der Waals surface area contributed by atoms with Crippen LogP contribution in [0.3, 0.4) is 0 Å². The molecule has 1 amide bonds. The predicted molar refractivity (Wildman–Crippen MR) is 144 cm³/mol. The van der Waals surface area contributed by atoms with Gasteiger partial charge in [-0.1, -0.05) is 36.4 Å². The van der Waals surface area contributed by atoms with Crippen molar-refractivity contribution in [1.29, 1.82) is 0 Å². The molecule has 1 aliphatic heterocycles. The summed E-state index contributed by atoms with van der Waals surface area (Å²) in [5, 5.41) is 3.21. The second-order valence-corrected chi connectivity index (χ2v) is 8.74. The number of hydrogen-bond donors (Lipinski definition) is 1. The van der Waals surface area contributed by atoms with Crippen LogP contribution in [0.15, 0.2) is 89.9 Å². The van der Waals surface area contributed by atoms with Crippen LogP contribution in [0.5, 0.6) is 5.75 Å². The van der Waals surface area contributed by atoms with Crippen molar-refractivity contribution in [2.45, 2.75) is 6.54 Å². The van der Waals surface area contributed by atoms with Gasteiger partial charge >= 0.3 is 0 Å². The van der Waals surface area contributed by atoms with E-state index in [9.17, 15) is 9.59 Å². The standard InChI is InChI=1S/C29H28N4O3/c1-30-18-21-6-4-5-7-25(21)20-8-10-22(11-9-20)32-17-16-26-28(29(32)35)33(27(34)19-31(26)2)23-12-14-24(36-3)15-13-23/h4-17,30H,18-19H2,1-3H3. The minimum absolute atomic E-state index is 0.165. The number of carbonyl (C=O) groups is 1. The van der Waals surface area contributed by atoms with Gasteiger partial charge in [-0.15, -0.1) is 0 Å². The summed E-state index contributed by atoms with van der Waals surface area (Å²) in [6.45, 7) is 0.953. The van der Waals surface area contributed by atoms with Crippen LogP contribution < -0.4 is 25.4 Å².